The molecule has 1 aromatic rings. The van der Waals surface area contributed by atoms with Crippen LogP contribution >= 0.6 is 24.4 Å². The fourth-order valence-corrected chi connectivity index (χ4v) is 3.23. The zero-order valence-electron chi connectivity index (χ0n) is 9.30. The van der Waals surface area contributed by atoms with Crippen LogP contribution in [0, 0.1) is 0 Å². The van der Waals surface area contributed by atoms with Gasteiger partial charge >= 0.3 is 0 Å². The highest BCUT2D eigenvalue weighted by molar-refractivity contribution is 7.99. The molecule has 0 atom stereocenters. The predicted molar refractivity (Wildman–Crippen MR) is 69.5 cm³/mol. The molecule has 0 N–H and O–H groups in total. The number of hydrogen-bond donors (Lipinski definition) is 1. The maximum absolute atomic E-state index is 4.39. The van der Waals surface area contributed by atoms with Crippen molar-refractivity contribution >= 4 is 24.4 Å². The van der Waals surface area contributed by atoms with Crippen molar-refractivity contribution in [3.05, 3.63) is 5.82 Å². The van der Waals surface area contributed by atoms with Crippen LogP contribution in [0.15, 0.2) is 5.16 Å². The molecular weight excluding hydrogens is 238 g/mol. The maximum Gasteiger partial charge on any atom is 0.191 e. The van der Waals surface area contributed by atoms with E-state index in [9.17, 15) is 0 Å². The maximum atomic E-state index is 4.39. The van der Waals surface area contributed by atoms with Crippen LogP contribution in [-0.2, 0) is 0 Å². The van der Waals surface area contributed by atoms with Crippen molar-refractivity contribution < 1.29 is 0 Å². The van der Waals surface area contributed by atoms with Gasteiger partial charge in [-0.1, -0.05) is 11.8 Å². The van der Waals surface area contributed by atoms with E-state index in [0.29, 0.717) is 12.0 Å². The Morgan fingerprint density at radius 1 is 1.25 bits per heavy atom. The average molecular weight is 255 g/mol. The van der Waals surface area contributed by atoms with Gasteiger partial charge in [0.2, 0.25) is 0 Å². The molecule has 3 rings (SSSR count). The highest BCUT2D eigenvalue weighted by Crippen LogP contribution is 2.45. The number of thioether (sulfide) groups is 1. The summed E-state index contributed by atoms with van der Waals surface area (Å²) >= 11 is 6.08. The van der Waals surface area contributed by atoms with E-state index < -0.39 is 0 Å². The summed E-state index contributed by atoms with van der Waals surface area (Å²) in [4.78, 5) is 0. The lowest BCUT2D eigenvalue weighted by atomic mass is 10.4. The Balaban J connectivity index is 1.75. The van der Waals surface area contributed by atoms with Crippen LogP contribution in [0.25, 0.3) is 0 Å². The Labute approximate surface area is 106 Å². The number of rotatable bonds is 6. The second-order valence-corrected chi connectivity index (χ2v) is 6.15. The van der Waals surface area contributed by atoms with Crippen LogP contribution in [0.1, 0.15) is 49.9 Å². The molecular formula is C11H17N3S2. The van der Waals surface area contributed by atoms with Crippen LogP contribution in [-0.4, -0.2) is 26.3 Å². The summed E-state index contributed by atoms with van der Waals surface area (Å²) in [7, 11) is 0. The largest absolute Gasteiger partial charge is 0.303 e. The van der Waals surface area contributed by atoms with Crippen LogP contribution in [0.5, 0.6) is 0 Å². The molecule has 16 heavy (non-hydrogen) atoms. The fourth-order valence-electron chi connectivity index (χ4n) is 1.91. The van der Waals surface area contributed by atoms with E-state index in [1.807, 2.05) is 11.8 Å². The first-order valence-electron chi connectivity index (χ1n) is 6.08. The molecule has 3 nitrogen and oxygen atoms in total. The second kappa shape index (κ2) is 4.61. The second-order valence-electron chi connectivity index (χ2n) is 4.64. The molecule has 0 spiro atoms. The van der Waals surface area contributed by atoms with Gasteiger partial charge < -0.3 is 4.57 Å². The van der Waals surface area contributed by atoms with Crippen molar-refractivity contribution in [3.8, 4) is 0 Å². The smallest absolute Gasteiger partial charge is 0.191 e. The fraction of sp³-hybridized carbons (Fsp3) is 0.818. The molecule has 2 fully saturated rings. The molecule has 2 saturated carbocycles. The monoisotopic (exact) mass is 255 g/mol. The van der Waals surface area contributed by atoms with Gasteiger partial charge in [-0.05, 0) is 37.9 Å². The predicted octanol–water partition coefficient (Wildman–Crippen LogP) is 2.90. The van der Waals surface area contributed by atoms with Gasteiger partial charge in [0.05, 0.1) is 0 Å². The lowest BCUT2D eigenvalue weighted by Crippen LogP contribution is -2.02. The van der Waals surface area contributed by atoms with Gasteiger partial charge in [-0.25, -0.2) is 0 Å². The van der Waals surface area contributed by atoms with Crippen molar-refractivity contribution in [3.63, 3.8) is 0 Å². The Morgan fingerprint density at radius 2 is 2.06 bits per heavy atom. The first-order valence-corrected chi connectivity index (χ1v) is 7.70. The minimum absolute atomic E-state index is 0.712. The minimum Gasteiger partial charge on any atom is -0.303 e. The molecule has 2 aliphatic rings. The molecule has 0 bridgehead atoms. The molecule has 0 aromatic carbocycles. The van der Waals surface area contributed by atoms with Crippen molar-refractivity contribution in [2.24, 2.45) is 0 Å². The van der Waals surface area contributed by atoms with Crippen LogP contribution in [0.3, 0.4) is 0 Å². The lowest BCUT2D eigenvalue weighted by Gasteiger charge is -2.07. The third-order valence-electron chi connectivity index (χ3n) is 3.08. The molecule has 88 valence electrons. The zero-order valence-corrected chi connectivity index (χ0v) is 11.0. The molecule has 0 amide bonds. The topological polar surface area (TPSA) is 30.7 Å². The first kappa shape index (κ1) is 11.0. The van der Waals surface area contributed by atoms with Crippen LogP contribution in [0.2, 0.25) is 0 Å². The Kier molecular flexibility index (Phi) is 3.16. The van der Waals surface area contributed by atoms with E-state index in [1.165, 1.54) is 31.5 Å². The van der Waals surface area contributed by atoms with Gasteiger partial charge in [0.1, 0.15) is 5.82 Å². The Morgan fingerprint density at radius 3 is 2.69 bits per heavy atom. The Bertz CT molecular complexity index is 369. The van der Waals surface area contributed by atoms with Crippen LogP contribution in [0.4, 0.5) is 0 Å². The average Bonchev–Trinajstić information content (AvgIpc) is 3.19. The van der Waals surface area contributed by atoms with Gasteiger partial charge in [0.15, 0.2) is 5.16 Å². The lowest BCUT2D eigenvalue weighted by molar-refractivity contribution is 0.627. The third-order valence-corrected chi connectivity index (χ3v) is 4.42. The SMILES string of the molecule is SCCCSc1nnc(C2CC2)n1C1CC1. The molecule has 2 aliphatic carbocycles. The molecule has 1 aromatic heterocycles. The van der Waals surface area contributed by atoms with Crippen molar-refractivity contribution in [1.29, 1.82) is 0 Å². The van der Waals surface area contributed by atoms with Gasteiger partial charge in [-0.3, -0.25) is 0 Å². The number of thiol groups is 1. The van der Waals surface area contributed by atoms with E-state index in [2.05, 4.69) is 27.4 Å². The van der Waals surface area contributed by atoms with Gasteiger partial charge in [0, 0.05) is 17.7 Å². The van der Waals surface area contributed by atoms with E-state index in [-0.39, 0.29) is 0 Å². The summed E-state index contributed by atoms with van der Waals surface area (Å²) in [5.74, 6) is 4.04. The van der Waals surface area contributed by atoms with E-state index >= 15 is 0 Å². The number of nitrogens with zero attached hydrogens (tertiary/aromatic N) is 3. The molecule has 0 saturated heterocycles. The highest BCUT2D eigenvalue weighted by atomic mass is 32.2. The van der Waals surface area contributed by atoms with Crippen molar-refractivity contribution in [1.82, 2.24) is 14.8 Å². The summed E-state index contributed by atoms with van der Waals surface area (Å²) in [6.07, 6.45) is 6.40. The van der Waals surface area contributed by atoms with Crippen LogP contribution < -0.4 is 0 Å². The van der Waals surface area contributed by atoms with E-state index in [1.54, 1.807) is 0 Å². The third kappa shape index (κ3) is 2.25. The summed E-state index contributed by atoms with van der Waals surface area (Å²) in [5.41, 5.74) is 0. The van der Waals surface area contributed by atoms with Gasteiger partial charge in [0.25, 0.3) is 0 Å². The standard InChI is InChI=1S/C11H17N3S2/c15-6-1-7-16-11-13-12-10(8-2-3-8)14(11)9-4-5-9/h8-9,15H,1-7H2. The quantitative estimate of drug-likeness (QED) is 0.482. The van der Waals surface area contributed by atoms with Gasteiger partial charge in [-0.2, -0.15) is 12.6 Å². The van der Waals surface area contributed by atoms with E-state index in [0.717, 1.165) is 23.1 Å². The molecule has 0 radical (unpaired) electrons. The molecule has 1 heterocycles. The summed E-state index contributed by atoms with van der Waals surface area (Å²) in [6, 6.07) is 0.712. The summed E-state index contributed by atoms with van der Waals surface area (Å²) in [6.45, 7) is 0. The first-order chi connectivity index (χ1) is 7.90. The van der Waals surface area contributed by atoms with Crippen molar-refractivity contribution in [2.75, 3.05) is 11.5 Å². The van der Waals surface area contributed by atoms with Gasteiger partial charge in [-0.15, -0.1) is 10.2 Å². The van der Waals surface area contributed by atoms with Crippen molar-refractivity contribution in [2.45, 2.75) is 49.2 Å². The zero-order chi connectivity index (χ0) is 11.0. The molecule has 5 heteroatoms. The molecule has 0 unspecified atom stereocenters. The normalized spacial score (nSPS) is 20.3. The summed E-state index contributed by atoms with van der Waals surface area (Å²) in [5, 5.41) is 9.90. The number of aromatic nitrogens is 3. The summed E-state index contributed by atoms with van der Waals surface area (Å²) < 4.78 is 2.42. The minimum atomic E-state index is 0.712. The number of hydrogen-bond acceptors (Lipinski definition) is 4. The molecule has 0 aliphatic heterocycles. The highest BCUT2D eigenvalue weighted by Gasteiger charge is 2.36. The Hall–Kier alpha value is -0.160. The van der Waals surface area contributed by atoms with E-state index in [4.69, 9.17) is 0 Å².